The van der Waals surface area contributed by atoms with Crippen LogP contribution in [0.2, 0.25) is 10.0 Å². The molecule has 0 amide bonds. The molecule has 142 valence electrons. The molecule has 2 aromatic heterocycles. The number of aryl methyl sites for hydroxylation is 1. The lowest BCUT2D eigenvalue weighted by Crippen LogP contribution is -2.19. The van der Waals surface area contributed by atoms with Gasteiger partial charge >= 0.3 is 0 Å². The fraction of sp³-hybridized carbons (Fsp3) is 0.0500. The summed E-state index contributed by atoms with van der Waals surface area (Å²) < 4.78 is 35.4. The van der Waals surface area contributed by atoms with Crippen LogP contribution in [0.25, 0.3) is 11.2 Å². The summed E-state index contributed by atoms with van der Waals surface area (Å²) in [4.78, 5) is 12.8. The van der Waals surface area contributed by atoms with Crippen molar-refractivity contribution in [3.63, 3.8) is 0 Å². The van der Waals surface area contributed by atoms with Crippen LogP contribution in [0.5, 0.6) is 11.5 Å². The molecule has 0 saturated heterocycles. The van der Waals surface area contributed by atoms with Gasteiger partial charge in [-0.2, -0.15) is 0 Å². The highest BCUT2D eigenvalue weighted by Crippen LogP contribution is 2.30. The molecule has 2 aromatic carbocycles. The van der Waals surface area contributed by atoms with Crippen LogP contribution in [0.15, 0.2) is 59.5 Å². The first kappa shape index (κ1) is 18.5. The third-order valence-corrected chi connectivity index (χ3v) is 4.90. The largest absolute Gasteiger partial charge is 0.454 e. The van der Waals surface area contributed by atoms with Crippen LogP contribution in [-0.2, 0) is 0 Å². The van der Waals surface area contributed by atoms with Crippen LogP contribution < -0.4 is 10.3 Å². The van der Waals surface area contributed by atoms with E-state index in [1.54, 1.807) is 48.0 Å². The predicted octanol–water partition coefficient (Wildman–Crippen LogP) is 5.78. The summed E-state index contributed by atoms with van der Waals surface area (Å²) in [6.45, 7) is 1.65. The minimum Gasteiger partial charge on any atom is -0.454 e. The molecule has 4 nitrogen and oxygen atoms in total. The summed E-state index contributed by atoms with van der Waals surface area (Å²) in [7, 11) is 0. The molecular weight excluding hydrogens is 409 g/mol. The molecule has 0 aliphatic carbocycles. The molecule has 0 N–H and O–H groups in total. The van der Waals surface area contributed by atoms with E-state index in [4.69, 9.17) is 27.9 Å². The first-order chi connectivity index (χ1) is 13.4. The van der Waals surface area contributed by atoms with Gasteiger partial charge in [-0.3, -0.25) is 9.31 Å². The molecule has 0 fully saturated rings. The Morgan fingerprint density at radius 1 is 1.00 bits per heavy atom. The summed E-state index contributed by atoms with van der Waals surface area (Å²) in [6.07, 6.45) is 1.58. The van der Waals surface area contributed by atoms with Gasteiger partial charge in [-0.1, -0.05) is 29.3 Å². The highest BCUT2D eigenvalue weighted by Gasteiger charge is 2.18. The van der Waals surface area contributed by atoms with E-state index in [0.717, 1.165) is 12.1 Å². The van der Waals surface area contributed by atoms with Crippen molar-refractivity contribution in [2.24, 2.45) is 0 Å². The molecule has 4 aromatic rings. The van der Waals surface area contributed by atoms with E-state index in [1.165, 1.54) is 10.7 Å². The van der Waals surface area contributed by atoms with Crippen molar-refractivity contribution in [1.29, 1.82) is 0 Å². The molecule has 0 spiro atoms. The predicted molar refractivity (Wildman–Crippen MR) is 104 cm³/mol. The van der Waals surface area contributed by atoms with Gasteiger partial charge in [0.2, 0.25) is 0 Å². The monoisotopic (exact) mass is 420 g/mol. The number of nitrogens with zero attached hydrogens (tertiary/aromatic N) is 2. The van der Waals surface area contributed by atoms with Crippen molar-refractivity contribution in [1.82, 2.24) is 9.20 Å². The van der Waals surface area contributed by atoms with Gasteiger partial charge in [-0.05, 0) is 37.3 Å². The van der Waals surface area contributed by atoms with Crippen molar-refractivity contribution in [3.05, 3.63) is 92.3 Å². The number of pyridine rings is 1. The van der Waals surface area contributed by atoms with Crippen molar-refractivity contribution in [2.45, 2.75) is 6.92 Å². The van der Waals surface area contributed by atoms with E-state index in [-0.39, 0.29) is 17.1 Å². The normalized spacial score (nSPS) is 11.2. The maximum atomic E-state index is 13.9. The summed E-state index contributed by atoms with van der Waals surface area (Å²) in [5.41, 5.74) is 1.01. The molecule has 0 aliphatic rings. The van der Waals surface area contributed by atoms with Crippen molar-refractivity contribution < 1.29 is 13.5 Å². The maximum Gasteiger partial charge on any atom is 0.275 e. The molecule has 0 radical (unpaired) electrons. The Morgan fingerprint density at radius 2 is 1.71 bits per heavy atom. The second kappa shape index (κ2) is 6.96. The molecule has 0 atom stereocenters. The van der Waals surface area contributed by atoms with Crippen LogP contribution in [0.3, 0.4) is 0 Å². The number of benzene rings is 2. The third-order valence-electron chi connectivity index (χ3n) is 4.29. The Kier molecular flexibility index (Phi) is 4.61. The van der Waals surface area contributed by atoms with Gasteiger partial charge in [-0.15, -0.1) is 0 Å². The van der Waals surface area contributed by atoms with Crippen molar-refractivity contribution in [3.8, 4) is 17.2 Å². The quantitative estimate of drug-likeness (QED) is 0.421. The Hall–Kier alpha value is -2.83. The number of hydrogen-bond donors (Lipinski definition) is 0. The molecule has 0 aliphatic heterocycles. The first-order valence-electron chi connectivity index (χ1n) is 8.18. The van der Waals surface area contributed by atoms with Crippen LogP contribution in [0.4, 0.5) is 8.78 Å². The van der Waals surface area contributed by atoms with E-state index < -0.39 is 11.6 Å². The lowest BCUT2D eigenvalue weighted by Gasteiger charge is -2.11. The molecule has 0 bridgehead atoms. The minimum absolute atomic E-state index is 0.126. The van der Waals surface area contributed by atoms with Gasteiger partial charge in [0.15, 0.2) is 11.6 Å². The van der Waals surface area contributed by atoms with E-state index >= 15 is 0 Å². The fourth-order valence-electron chi connectivity index (χ4n) is 2.94. The number of fused-ring (bicyclic) bond motifs is 1. The molecule has 28 heavy (non-hydrogen) atoms. The van der Waals surface area contributed by atoms with Crippen molar-refractivity contribution >= 4 is 28.7 Å². The van der Waals surface area contributed by atoms with E-state index in [2.05, 4.69) is 0 Å². The number of hydrogen-bond acceptors (Lipinski definition) is 2. The zero-order chi connectivity index (χ0) is 20.0. The first-order valence-corrected chi connectivity index (χ1v) is 8.93. The highest BCUT2D eigenvalue weighted by atomic mass is 35.5. The second-order valence-electron chi connectivity index (χ2n) is 6.08. The number of rotatable bonds is 3. The highest BCUT2D eigenvalue weighted by molar-refractivity contribution is 6.37. The van der Waals surface area contributed by atoms with E-state index in [9.17, 15) is 13.6 Å². The second-order valence-corrected chi connectivity index (χ2v) is 6.90. The molecular formula is C20H12Cl2F2N2O2. The lowest BCUT2D eigenvalue weighted by atomic mass is 10.3. The number of para-hydroxylation sites is 1. The lowest BCUT2D eigenvalue weighted by molar-refractivity contribution is 0.437. The van der Waals surface area contributed by atoms with Crippen LogP contribution in [-0.4, -0.2) is 9.20 Å². The molecule has 0 saturated carbocycles. The van der Waals surface area contributed by atoms with Gasteiger partial charge in [0.05, 0.1) is 15.6 Å². The topological polar surface area (TPSA) is 35.6 Å². The van der Waals surface area contributed by atoms with Gasteiger partial charge in [0, 0.05) is 23.9 Å². The van der Waals surface area contributed by atoms with Gasteiger partial charge < -0.3 is 4.74 Å². The average molecular weight is 421 g/mol. The smallest absolute Gasteiger partial charge is 0.275 e. The Labute approximate surface area is 168 Å². The van der Waals surface area contributed by atoms with Crippen LogP contribution >= 0.6 is 23.2 Å². The van der Waals surface area contributed by atoms with Crippen LogP contribution in [0, 0.1) is 18.6 Å². The summed E-state index contributed by atoms with van der Waals surface area (Å²) in [5, 5.41) is 0.644. The number of halogens is 4. The Morgan fingerprint density at radius 3 is 2.39 bits per heavy atom. The average Bonchev–Trinajstić information content (AvgIpc) is 2.89. The minimum atomic E-state index is -0.825. The molecule has 8 heteroatoms. The van der Waals surface area contributed by atoms with E-state index in [1.807, 2.05) is 0 Å². The summed E-state index contributed by atoms with van der Waals surface area (Å²) in [5.74, 6) is -1.36. The van der Waals surface area contributed by atoms with Gasteiger partial charge in [0.1, 0.15) is 17.3 Å². The Bertz CT molecular complexity index is 1260. The standard InChI is InChI=1S/C20H12Cl2F2N2O2/c1-11-17-10-13(28-18-6-5-12(23)9-16(18)24)7-8-25(17)26(20(11)27)19-14(21)3-2-4-15(19)22/h2-10H,1H3. The Balaban J connectivity index is 1.86. The molecule has 2 heterocycles. The zero-order valence-electron chi connectivity index (χ0n) is 14.4. The SMILES string of the molecule is Cc1c(=O)n(-c2c(Cl)cccc2Cl)n2ccc(Oc3ccc(F)cc3F)cc12. The summed E-state index contributed by atoms with van der Waals surface area (Å²) in [6, 6.07) is 11.1. The third kappa shape index (κ3) is 3.04. The van der Waals surface area contributed by atoms with Crippen LogP contribution in [0.1, 0.15) is 5.56 Å². The zero-order valence-corrected chi connectivity index (χ0v) is 15.9. The van der Waals surface area contributed by atoms with Gasteiger partial charge in [0.25, 0.3) is 5.56 Å². The molecule has 0 unspecified atom stereocenters. The molecule has 4 rings (SSSR count). The fourth-order valence-corrected chi connectivity index (χ4v) is 3.50. The van der Waals surface area contributed by atoms with Crippen molar-refractivity contribution in [2.75, 3.05) is 0 Å². The summed E-state index contributed by atoms with van der Waals surface area (Å²) >= 11 is 12.5. The maximum absolute atomic E-state index is 13.9. The van der Waals surface area contributed by atoms with Gasteiger partial charge in [-0.25, -0.2) is 13.5 Å². The number of ether oxygens (including phenoxy) is 1. The van der Waals surface area contributed by atoms with E-state index in [0.29, 0.717) is 26.8 Å². The number of aromatic nitrogens is 2.